The van der Waals surface area contributed by atoms with E-state index in [4.69, 9.17) is 10.5 Å². The van der Waals surface area contributed by atoms with E-state index < -0.39 is 0 Å². The van der Waals surface area contributed by atoms with Gasteiger partial charge in [0.15, 0.2) is 0 Å². The summed E-state index contributed by atoms with van der Waals surface area (Å²) in [6.07, 6.45) is 7.38. The molecule has 3 N–H and O–H groups in total. The summed E-state index contributed by atoms with van der Waals surface area (Å²) in [4.78, 5) is 0. The van der Waals surface area contributed by atoms with Gasteiger partial charge in [0.25, 0.3) is 0 Å². The number of nitrogens with one attached hydrogen (secondary N) is 1. The van der Waals surface area contributed by atoms with Crippen LogP contribution in [0.15, 0.2) is 0 Å². The van der Waals surface area contributed by atoms with Crippen molar-refractivity contribution in [2.45, 2.75) is 77.4 Å². The summed E-state index contributed by atoms with van der Waals surface area (Å²) >= 11 is 0. The van der Waals surface area contributed by atoms with Gasteiger partial charge in [0.1, 0.15) is 0 Å². The van der Waals surface area contributed by atoms with E-state index in [0.29, 0.717) is 5.41 Å². The molecule has 1 unspecified atom stereocenters. The van der Waals surface area contributed by atoms with Crippen LogP contribution in [0, 0.1) is 11.3 Å². The van der Waals surface area contributed by atoms with Crippen molar-refractivity contribution in [3.63, 3.8) is 0 Å². The molecule has 0 bridgehead atoms. The fraction of sp³-hybridized carbons (Fsp3) is 1.00. The van der Waals surface area contributed by atoms with E-state index in [2.05, 4.69) is 33.0 Å². The maximum Gasteiger partial charge on any atom is 0.0779 e. The standard InChI is InChI=1S/C17H34N2O/c1-15(2,3)14-6-9-17(12-18,10-7-14)19-13-16(4)8-5-11-20-16/h14,19H,5-13,18H2,1-4H3. The van der Waals surface area contributed by atoms with E-state index in [1.165, 1.54) is 38.5 Å². The van der Waals surface area contributed by atoms with Crippen LogP contribution in [-0.4, -0.2) is 30.8 Å². The first-order chi connectivity index (χ1) is 9.29. The molecule has 1 heterocycles. The van der Waals surface area contributed by atoms with Crippen LogP contribution < -0.4 is 11.1 Å². The molecule has 1 aliphatic heterocycles. The van der Waals surface area contributed by atoms with E-state index in [-0.39, 0.29) is 11.1 Å². The van der Waals surface area contributed by atoms with Crippen LogP contribution in [0.2, 0.25) is 0 Å². The minimum absolute atomic E-state index is 0.0308. The molecule has 0 spiro atoms. The van der Waals surface area contributed by atoms with Gasteiger partial charge in [-0.05, 0) is 56.8 Å². The van der Waals surface area contributed by atoms with Gasteiger partial charge in [-0.25, -0.2) is 0 Å². The molecule has 0 aromatic heterocycles. The van der Waals surface area contributed by atoms with Crippen LogP contribution in [0.4, 0.5) is 0 Å². The van der Waals surface area contributed by atoms with Gasteiger partial charge in [-0.1, -0.05) is 20.8 Å². The molecule has 1 saturated carbocycles. The number of hydrogen-bond acceptors (Lipinski definition) is 3. The zero-order valence-electron chi connectivity index (χ0n) is 13.9. The SMILES string of the molecule is CC1(CNC2(CN)CCC(C(C)(C)C)CC2)CCCO1. The van der Waals surface area contributed by atoms with Crippen molar-refractivity contribution in [1.29, 1.82) is 0 Å². The third-order valence-electron chi connectivity index (χ3n) is 5.70. The Morgan fingerprint density at radius 1 is 1.20 bits per heavy atom. The molecule has 2 fully saturated rings. The molecule has 3 heteroatoms. The molecule has 20 heavy (non-hydrogen) atoms. The Bertz CT molecular complexity index is 307. The third kappa shape index (κ3) is 3.75. The molecule has 1 atom stereocenters. The van der Waals surface area contributed by atoms with Crippen molar-refractivity contribution in [2.75, 3.05) is 19.7 Å². The fourth-order valence-corrected chi connectivity index (χ4v) is 3.84. The molecule has 2 rings (SSSR count). The maximum atomic E-state index is 6.12. The molecule has 0 aromatic carbocycles. The van der Waals surface area contributed by atoms with Crippen LogP contribution >= 0.6 is 0 Å². The summed E-state index contributed by atoms with van der Waals surface area (Å²) in [5.41, 5.74) is 6.73. The average Bonchev–Trinajstić information content (AvgIpc) is 2.83. The van der Waals surface area contributed by atoms with Gasteiger partial charge in [-0.2, -0.15) is 0 Å². The largest absolute Gasteiger partial charge is 0.374 e. The second-order valence-corrected chi connectivity index (χ2v) is 8.38. The van der Waals surface area contributed by atoms with Crippen molar-refractivity contribution in [2.24, 2.45) is 17.1 Å². The van der Waals surface area contributed by atoms with Crippen molar-refractivity contribution < 1.29 is 4.74 Å². The highest BCUT2D eigenvalue weighted by Gasteiger charge is 2.39. The summed E-state index contributed by atoms with van der Waals surface area (Å²) in [7, 11) is 0. The zero-order valence-corrected chi connectivity index (χ0v) is 13.9. The zero-order chi connectivity index (χ0) is 14.9. The molecule has 0 aromatic rings. The summed E-state index contributed by atoms with van der Waals surface area (Å²) in [5, 5.41) is 3.79. The predicted octanol–water partition coefficient (Wildman–Crippen LogP) is 3.08. The van der Waals surface area contributed by atoms with Gasteiger partial charge >= 0.3 is 0 Å². The summed E-state index contributed by atoms with van der Waals surface area (Å²) in [5.74, 6) is 0.835. The smallest absolute Gasteiger partial charge is 0.0779 e. The third-order valence-corrected chi connectivity index (χ3v) is 5.70. The van der Waals surface area contributed by atoms with E-state index >= 15 is 0 Å². The van der Waals surface area contributed by atoms with Crippen LogP contribution in [-0.2, 0) is 4.74 Å². The summed E-state index contributed by atoms with van der Waals surface area (Å²) in [6.45, 7) is 12.0. The fourth-order valence-electron chi connectivity index (χ4n) is 3.84. The number of hydrogen-bond donors (Lipinski definition) is 2. The van der Waals surface area contributed by atoms with Gasteiger partial charge in [0, 0.05) is 25.2 Å². The Morgan fingerprint density at radius 3 is 2.30 bits per heavy atom. The quantitative estimate of drug-likeness (QED) is 0.833. The Labute approximate surface area is 125 Å². The summed E-state index contributed by atoms with van der Waals surface area (Å²) in [6, 6.07) is 0. The van der Waals surface area contributed by atoms with Gasteiger partial charge in [0.05, 0.1) is 5.60 Å². The van der Waals surface area contributed by atoms with Crippen LogP contribution in [0.1, 0.15) is 66.2 Å². The first kappa shape index (κ1) is 16.3. The van der Waals surface area contributed by atoms with Crippen molar-refractivity contribution >= 4 is 0 Å². The number of rotatable bonds is 4. The van der Waals surface area contributed by atoms with Crippen molar-refractivity contribution in [1.82, 2.24) is 5.32 Å². The second-order valence-electron chi connectivity index (χ2n) is 8.38. The number of ether oxygens (including phenoxy) is 1. The normalized spacial score (nSPS) is 39.1. The molecule has 2 aliphatic rings. The maximum absolute atomic E-state index is 6.12. The van der Waals surface area contributed by atoms with Crippen molar-refractivity contribution in [3.05, 3.63) is 0 Å². The van der Waals surface area contributed by atoms with E-state index in [9.17, 15) is 0 Å². The topological polar surface area (TPSA) is 47.3 Å². The van der Waals surface area contributed by atoms with Gasteiger partial charge in [0.2, 0.25) is 0 Å². The Hall–Kier alpha value is -0.120. The lowest BCUT2D eigenvalue weighted by Crippen LogP contribution is -2.57. The monoisotopic (exact) mass is 282 g/mol. The highest BCUT2D eigenvalue weighted by Crippen LogP contribution is 2.41. The van der Waals surface area contributed by atoms with Crippen molar-refractivity contribution in [3.8, 4) is 0 Å². The Kier molecular flexibility index (Phi) is 4.83. The molecule has 0 amide bonds. The lowest BCUT2D eigenvalue weighted by atomic mass is 9.67. The van der Waals surface area contributed by atoms with Crippen LogP contribution in [0.5, 0.6) is 0 Å². The minimum atomic E-state index is 0.0308. The predicted molar refractivity (Wildman–Crippen MR) is 84.8 cm³/mol. The summed E-state index contributed by atoms with van der Waals surface area (Å²) < 4.78 is 5.89. The van der Waals surface area contributed by atoms with E-state index in [1.54, 1.807) is 0 Å². The van der Waals surface area contributed by atoms with Gasteiger partial charge in [-0.15, -0.1) is 0 Å². The first-order valence-corrected chi connectivity index (χ1v) is 8.38. The highest BCUT2D eigenvalue weighted by atomic mass is 16.5. The molecular formula is C17H34N2O. The van der Waals surface area contributed by atoms with Gasteiger partial charge < -0.3 is 15.8 Å². The van der Waals surface area contributed by atoms with Crippen LogP contribution in [0.3, 0.4) is 0 Å². The van der Waals surface area contributed by atoms with Gasteiger partial charge in [-0.3, -0.25) is 0 Å². The minimum Gasteiger partial charge on any atom is -0.374 e. The van der Waals surface area contributed by atoms with E-state index in [0.717, 1.165) is 25.6 Å². The average molecular weight is 282 g/mol. The molecular weight excluding hydrogens is 248 g/mol. The first-order valence-electron chi connectivity index (χ1n) is 8.38. The second kappa shape index (κ2) is 5.94. The molecule has 0 radical (unpaired) electrons. The Balaban J connectivity index is 1.88. The molecule has 3 nitrogen and oxygen atoms in total. The van der Waals surface area contributed by atoms with Crippen LogP contribution in [0.25, 0.3) is 0 Å². The number of nitrogens with two attached hydrogens (primary N) is 1. The molecule has 118 valence electrons. The lowest BCUT2D eigenvalue weighted by Gasteiger charge is -2.45. The molecule has 1 aliphatic carbocycles. The van der Waals surface area contributed by atoms with E-state index in [1.807, 2.05) is 0 Å². The Morgan fingerprint density at radius 2 is 1.85 bits per heavy atom. The molecule has 1 saturated heterocycles. The lowest BCUT2D eigenvalue weighted by molar-refractivity contribution is 0.00871. The highest BCUT2D eigenvalue weighted by molar-refractivity contribution is 4.98.